The lowest BCUT2D eigenvalue weighted by Crippen LogP contribution is -2.09. The fourth-order valence-electron chi connectivity index (χ4n) is 2.62. The van der Waals surface area contributed by atoms with Gasteiger partial charge in [-0.1, -0.05) is 13.8 Å². The van der Waals surface area contributed by atoms with E-state index in [4.69, 9.17) is 14.2 Å². The van der Waals surface area contributed by atoms with Gasteiger partial charge >= 0.3 is 5.97 Å². The maximum absolute atomic E-state index is 12.1. The zero-order valence-corrected chi connectivity index (χ0v) is 15.1. The molecule has 0 radical (unpaired) electrons. The summed E-state index contributed by atoms with van der Waals surface area (Å²) in [6.07, 6.45) is 1.95. The molecule has 2 aromatic rings. The summed E-state index contributed by atoms with van der Waals surface area (Å²) in [4.78, 5) is 12.1. The summed E-state index contributed by atoms with van der Waals surface area (Å²) in [7, 11) is 2.87. The van der Waals surface area contributed by atoms with E-state index in [9.17, 15) is 9.90 Å². The van der Waals surface area contributed by atoms with Gasteiger partial charge in [0.05, 0.1) is 14.2 Å². The van der Waals surface area contributed by atoms with E-state index < -0.39 is 0 Å². The second kappa shape index (κ2) is 8.46. The van der Waals surface area contributed by atoms with Crippen LogP contribution in [0.1, 0.15) is 33.1 Å². The summed E-state index contributed by atoms with van der Waals surface area (Å²) in [6.45, 7) is 4.79. The van der Waals surface area contributed by atoms with E-state index in [2.05, 4.69) is 12.2 Å². The van der Waals surface area contributed by atoms with Crippen LogP contribution in [-0.4, -0.2) is 31.8 Å². The third-order valence-electron chi connectivity index (χ3n) is 3.80. The molecule has 0 aromatic heterocycles. The highest BCUT2D eigenvalue weighted by atomic mass is 16.6. The molecule has 2 N–H and O–H groups in total. The van der Waals surface area contributed by atoms with E-state index >= 15 is 0 Å². The molecular formula is C19H25NO5. The van der Waals surface area contributed by atoms with Crippen molar-refractivity contribution in [2.75, 3.05) is 26.1 Å². The maximum atomic E-state index is 12.1. The first kappa shape index (κ1) is 18.7. The molecular weight excluding hydrogens is 322 g/mol. The SMILES string of the molecule is CCCNc1ccc2c(O)c(OC)c(OC)c(OC(=O)CCC)c2c1. The molecule has 0 aliphatic rings. The number of benzene rings is 2. The molecule has 0 saturated carbocycles. The first-order chi connectivity index (χ1) is 12.1. The number of hydrogen-bond donors (Lipinski definition) is 2. The average Bonchev–Trinajstić information content (AvgIpc) is 2.61. The number of phenolic OH excluding ortho intramolecular Hbond substituents is 1. The molecule has 136 valence electrons. The summed E-state index contributed by atoms with van der Waals surface area (Å²) in [6, 6.07) is 5.46. The van der Waals surface area contributed by atoms with Crippen molar-refractivity contribution in [3.8, 4) is 23.0 Å². The number of carbonyl (C=O) groups is 1. The molecule has 0 atom stereocenters. The quantitative estimate of drug-likeness (QED) is 0.553. The number of esters is 1. The molecule has 2 aromatic carbocycles. The molecule has 6 heteroatoms. The van der Waals surface area contributed by atoms with Crippen molar-refractivity contribution in [3.63, 3.8) is 0 Å². The summed E-state index contributed by atoms with van der Waals surface area (Å²) < 4.78 is 16.2. The maximum Gasteiger partial charge on any atom is 0.311 e. The van der Waals surface area contributed by atoms with Crippen LogP contribution < -0.4 is 19.5 Å². The van der Waals surface area contributed by atoms with Crippen LogP contribution in [0.3, 0.4) is 0 Å². The Morgan fingerprint density at radius 1 is 1.04 bits per heavy atom. The van der Waals surface area contributed by atoms with Crippen LogP contribution in [0.15, 0.2) is 18.2 Å². The van der Waals surface area contributed by atoms with E-state index in [-0.39, 0.29) is 29.0 Å². The van der Waals surface area contributed by atoms with E-state index in [0.717, 1.165) is 18.7 Å². The fraction of sp³-hybridized carbons (Fsp3) is 0.421. The van der Waals surface area contributed by atoms with Crippen LogP contribution in [0.4, 0.5) is 5.69 Å². The summed E-state index contributed by atoms with van der Waals surface area (Å²) in [5, 5.41) is 14.9. The zero-order valence-electron chi connectivity index (χ0n) is 15.1. The topological polar surface area (TPSA) is 77.0 Å². The first-order valence-electron chi connectivity index (χ1n) is 8.42. The molecule has 0 unspecified atom stereocenters. The van der Waals surface area contributed by atoms with Gasteiger partial charge in [-0.2, -0.15) is 0 Å². The molecule has 0 amide bonds. The predicted octanol–water partition coefficient (Wildman–Crippen LogP) is 4.09. The molecule has 6 nitrogen and oxygen atoms in total. The van der Waals surface area contributed by atoms with Crippen LogP contribution in [0.5, 0.6) is 23.0 Å². The van der Waals surface area contributed by atoms with Gasteiger partial charge in [-0.05, 0) is 31.0 Å². The molecule has 25 heavy (non-hydrogen) atoms. The number of fused-ring (bicyclic) bond motifs is 1. The molecule has 0 saturated heterocycles. The molecule has 0 fully saturated rings. The van der Waals surface area contributed by atoms with Crippen LogP contribution in [-0.2, 0) is 4.79 Å². The average molecular weight is 347 g/mol. The highest BCUT2D eigenvalue weighted by Crippen LogP contribution is 2.51. The molecule has 0 aliphatic heterocycles. The second-order valence-electron chi connectivity index (χ2n) is 5.66. The summed E-state index contributed by atoms with van der Waals surface area (Å²) in [5.41, 5.74) is 0.869. The van der Waals surface area contributed by atoms with Gasteiger partial charge in [-0.25, -0.2) is 0 Å². The van der Waals surface area contributed by atoms with Crippen molar-refractivity contribution >= 4 is 22.4 Å². The zero-order chi connectivity index (χ0) is 18.4. The molecule has 0 bridgehead atoms. The van der Waals surface area contributed by atoms with Crippen molar-refractivity contribution < 1.29 is 24.1 Å². The Balaban J connectivity index is 2.68. The lowest BCUT2D eigenvalue weighted by Gasteiger charge is -2.18. The minimum atomic E-state index is -0.359. The standard InChI is InChI=1S/C19H25NO5/c1-5-7-15(21)25-17-14-11-12(20-10-6-2)8-9-13(14)16(22)18(23-3)19(17)24-4/h8-9,11,20,22H,5-7,10H2,1-4H3. The Bertz CT molecular complexity index is 757. The third-order valence-corrected chi connectivity index (χ3v) is 3.80. The van der Waals surface area contributed by atoms with Crippen molar-refractivity contribution in [1.29, 1.82) is 0 Å². The highest BCUT2D eigenvalue weighted by Gasteiger charge is 2.24. The van der Waals surface area contributed by atoms with E-state index in [1.807, 2.05) is 19.1 Å². The molecule has 2 rings (SSSR count). The lowest BCUT2D eigenvalue weighted by atomic mass is 10.1. The summed E-state index contributed by atoms with van der Waals surface area (Å²) in [5.74, 6) is 0.187. The van der Waals surface area contributed by atoms with Gasteiger partial charge in [-0.15, -0.1) is 0 Å². The largest absolute Gasteiger partial charge is 0.504 e. The Labute approximate surface area is 147 Å². The van der Waals surface area contributed by atoms with Gasteiger partial charge < -0.3 is 24.6 Å². The third kappa shape index (κ3) is 3.90. The Morgan fingerprint density at radius 3 is 2.36 bits per heavy atom. The van der Waals surface area contributed by atoms with Crippen LogP contribution in [0.2, 0.25) is 0 Å². The molecule has 0 aliphatic carbocycles. The number of nitrogens with one attached hydrogen (secondary N) is 1. The van der Waals surface area contributed by atoms with Crippen molar-refractivity contribution in [2.24, 2.45) is 0 Å². The highest BCUT2D eigenvalue weighted by molar-refractivity contribution is 6.01. The van der Waals surface area contributed by atoms with Crippen LogP contribution in [0.25, 0.3) is 10.8 Å². The minimum Gasteiger partial charge on any atom is -0.504 e. The van der Waals surface area contributed by atoms with Crippen LogP contribution in [0, 0.1) is 0 Å². The van der Waals surface area contributed by atoms with Gasteiger partial charge in [0.25, 0.3) is 0 Å². The number of phenols is 1. The Hall–Kier alpha value is -2.63. The van der Waals surface area contributed by atoms with E-state index in [1.54, 1.807) is 6.07 Å². The van der Waals surface area contributed by atoms with E-state index in [0.29, 0.717) is 23.6 Å². The van der Waals surface area contributed by atoms with Gasteiger partial charge in [-0.3, -0.25) is 4.79 Å². The fourth-order valence-corrected chi connectivity index (χ4v) is 2.62. The summed E-state index contributed by atoms with van der Waals surface area (Å²) >= 11 is 0. The van der Waals surface area contributed by atoms with E-state index in [1.165, 1.54) is 14.2 Å². The minimum absolute atomic E-state index is 0.0494. The van der Waals surface area contributed by atoms with Gasteiger partial charge in [0.1, 0.15) is 0 Å². The van der Waals surface area contributed by atoms with Gasteiger partial charge in [0, 0.05) is 29.4 Å². The first-order valence-corrected chi connectivity index (χ1v) is 8.42. The van der Waals surface area contributed by atoms with Crippen molar-refractivity contribution in [2.45, 2.75) is 33.1 Å². The monoisotopic (exact) mass is 347 g/mol. The number of aromatic hydroxyl groups is 1. The molecule has 0 spiro atoms. The number of anilines is 1. The lowest BCUT2D eigenvalue weighted by molar-refractivity contribution is -0.134. The van der Waals surface area contributed by atoms with Gasteiger partial charge in [0.15, 0.2) is 11.5 Å². The number of carbonyl (C=O) groups excluding carboxylic acids is 1. The number of ether oxygens (including phenoxy) is 3. The molecule has 0 heterocycles. The predicted molar refractivity (Wildman–Crippen MR) is 98.0 cm³/mol. The Morgan fingerprint density at radius 2 is 1.76 bits per heavy atom. The van der Waals surface area contributed by atoms with Crippen LogP contribution >= 0.6 is 0 Å². The van der Waals surface area contributed by atoms with Crippen molar-refractivity contribution in [3.05, 3.63) is 18.2 Å². The smallest absolute Gasteiger partial charge is 0.311 e. The number of methoxy groups -OCH3 is 2. The van der Waals surface area contributed by atoms with Crippen molar-refractivity contribution in [1.82, 2.24) is 0 Å². The number of hydrogen-bond acceptors (Lipinski definition) is 6. The Kier molecular flexibility index (Phi) is 6.33. The van der Waals surface area contributed by atoms with Gasteiger partial charge in [0.2, 0.25) is 11.5 Å². The normalized spacial score (nSPS) is 10.6. The second-order valence-corrected chi connectivity index (χ2v) is 5.66. The number of rotatable bonds is 8.